The van der Waals surface area contributed by atoms with E-state index < -0.39 is 11.9 Å². The molecule has 4 rings (SSSR count). The fourth-order valence-corrected chi connectivity index (χ4v) is 3.81. The van der Waals surface area contributed by atoms with Crippen LogP contribution in [0.2, 0.25) is 0 Å². The second-order valence-corrected chi connectivity index (χ2v) is 7.37. The minimum atomic E-state index is -0.882. The van der Waals surface area contributed by atoms with E-state index >= 15 is 0 Å². The van der Waals surface area contributed by atoms with Gasteiger partial charge in [-0.25, -0.2) is 0 Å². The molecule has 0 radical (unpaired) electrons. The van der Waals surface area contributed by atoms with Crippen LogP contribution in [0, 0.1) is 6.92 Å². The van der Waals surface area contributed by atoms with Crippen LogP contribution in [0.1, 0.15) is 29.0 Å². The molecule has 0 fully saturated rings. The standard InChI is InChI=1S/C24H23NO3/c1-15-5-7-16(8-6-15)18-3-2-4-19(13-18)28-20-11-9-17-10-12-22(25)23(24(26)27)21(17)14-20/h2-9,11,13-14,22-23H,10,12,25H2,1H3,(H,26,27). The average Bonchev–Trinajstić information content (AvgIpc) is 2.68. The largest absolute Gasteiger partial charge is 0.481 e. The molecule has 3 aromatic rings. The molecular formula is C24H23NO3. The fourth-order valence-electron chi connectivity index (χ4n) is 3.81. The lowest BCUT2D eigenvalue weighted by atomic mass is 9.79. The van der Waals surface area contributed by atoms with Crippen LogP contribution >= 0.6 is 0 Å². The summed E-state index contributed by atoms with van der Waals surface area (Å²) >= 11 is 0. The van der Waals surface area contributed by atoms with Crippen LogP contribution in [0.4, 0.5) is 0 Å². The van der Waals surface area contributed by atoms with E-state index in [0.717, 1.165) is 28.7 Å². The van der Waals surface area contributed by atoms with Crippen LogP contribution < -0.4 is 10.5 Å². The van der Waals surface area contributed by atoms with Crippen LogP contribution in [-0.2, 0) is 11.2 Å². The lowest BCUT2D eigenvalue weighted by Crippen LogP contribution is -2.37. The quantitative estimate of drug-likeness (QED) is 0.682. The molecule has 4 heteroatoms. The number of fused-ring (bicyclic) bond motifs is 1. The highest BCUT2D eigenvalue weighted by Crippen LogP contribution is 2.35. The van der Waals surface area contributed by atoms with Crippen molar-refractivity contribution >= 4 is 5.97 Å². The highest BCUT2D eigenvalue weighted by Gasteiger charge is 2.33. The summed E-state index contributed by atoms with van der Waals surface area (Å²) in [5, 5.41) is 9.60. The van der Waals surface area contributed by atoms with E-state index in [1.54, 1.807) is 0 Å². The Morgan fingerprint density at radius 1 is 1.00 bits per heavy atom. The second kappa shape index (κ2) is 7.49. The molecule has 1 aliphatic rings. The number of carboxylic acids is 1. The summed E-state index contributed by atoms with van der Waals surface area (Å²) in [7, 11) is 0. The van der Waals surface area contributed by atoms with E-state index in [1.807, 2.05) is 42.5 Å². The summed E-state index contributed by atoms with van der Waals surface area (Å²) in [4.78, 5) is 11.7. The third kappa shape index (κ3) is 3.64. The summed E-state index contributed by atoms with van der Waals surface area (Å²) in [6.45, 7) is 2.07. The van der Waals surface area contributed by atoms with Gasteiger partial charge in [-0.05, 0) is 66.3 Å². The smallest absolute Gasteiger partial charge is 0.312 e. The molecule has 0 aliphatic heterocycles. The van der Waals surface area contributed by atoms with E-state index in [-0.39, 0.29) is 6.04 Å². The summed E-state index contributed by atoms with van der Waals surface area (Å²) < 4.78 is 6.06. The van der Waals surface area contributed by atoms with Crippen LogP contribution in [0.3, 0.4) is 0 Å². The Bertz CT molecular complexity index is 1010. The number of benzene rings is 3. The Morgan fingerprint density at radius 3 is 2.50 bits per heavy atom. The van der Waals surface area contributed by atoms with Crippen molar-refractivity contribution < 1.29 is 14.6 Å². The molecule has 28 heavy (non-hydrogen) atoms. The molecule has 0 spiro atoms. The van der Waals surface area contributed by atoms with Gasteiger partial charge in [0.05, 0.1) is 5.92 Å². The lowest BCUT2D eigenvalue weighted by molar-refractivity contribution is -0.139. The zero-order chi connectivity index (χ0) is 19.7. The molecular weight excluding hydrogens is 350 g/mol. The molecule has 0 bridgehead atoms. The van der Waals surface area contributed by atoms with Gasteiger partial charge in [-0.15, -0.1) is 0 Å². The molecule has 0 amide bonds. The fraction of sp³-hybridized carbons (Fsp3) is 0.208. The van der Waals surface area contributed by atoms with Gasteiger partial charge in [-0.3, -0.25) is 4.79 Å². The van der Waals surface area contributed by atoms with Crippen LogP contribution in [0.25, 0.3) is 11.1 Å². The number of nitrogens with two attached hydrogens (primary N) is 1. The minimum absolute atomic E-state index is 0.370. The zero-order valence-corrected chi connectivity index (χ0v) is 15.8. The first-order valence-corrected chi connectivity index (χ1v) is 9.47. The van der Waals surface area contributed by atoms with Crippen LogP contribution in [0.5, 0.6) is 11.5 Å². The van der Waals surface area contributed by atoms with Crippen LogP contribution in [-0.4, -0.2) is 17.1 Å². The normalized spacial score (nSPS) is 18.4. The maximum Gasteiger partial charge on any atom is 0.312 e. The van der Waals surface area contributed by atoms with Gasteiger partial charge < -0.3 is 15.6 Å². The SMILES string of the molecule is Cc1ccc(-c2cccc(Oc3ccc4c(c3)C(C(=O)O)C(N)CC4)c2)cc1. The second-order valence-electron chi connectivity index (χ2n) is 7.37. The lowest BCUT2D eigenvalue weighted by Gasteiger charge is -2.28. The molecule has 4 nitrogen and oxygen atoms in total. The Balaban J connectivity index is 1.62. The summed E-state index contributed by atoms with van der Waals surface area (Å²) in [6.07, 6.45) is 1.48. The van der Waals surface area contributed by atoms with Crippen molar-refractivity contribution in [2.75, 3.05) is 0 Å². The van der Waals surface area contributed by atoms with Crippen molar-refractivity contribution in [3.8, 4) is 22.6 Å². The van der Waals surface area contributed by atoms with Crippen molar-refractivity contribution in [2.45, 2.75) is 31.7 Å². The molecule has 3 aromatic carbocycles. The van der Waals surface area contributed by atoms with Crippen molar-refractivity contribution in [1.82, 2.24) is 0 Å². The van der Waals surface area contributed by atoms with Gasteiger partial charge in [0.25, 0.3) is 0 Å². The monoisotopic (exact) mass is 373 g/mol. The van der Waals surface area contributed by atoms with Gasteiger partial charge in [0.2, 0.25) is 0 Å². The van der Waals surface area contributed by atoms with E-state index in [9.17, 15) is 9.90 Å². The van der Waals surface area contributed by atoms with Crippen molar-refractivity contribution in [1.29, 1.82) is 0 Å². The summed E-state index contributed by atoms with van der Waals surface area (Å²) in [6, 6.07) is 21.5. The van der Waals surface area contributed by atoms with Gasteiger partial charge in [-0.2, -0.15) is 0 Å². The van der Waals surface area contributed by atoms with E-state index in [1.165, 1.54) is 5.56 Å². The molecule has 0 aromatic heterocycles. The molecule has 1 aliphatic carbocycles. The number of hydrogen-bond donors (Lipinski definition) is 2. The first kappa shape index (κ1) is 18.3. The van der Waals surface area contributed by atoms with Crippen molar-refractivity contribution in [2.24, 2.45) is 5.73 Å². The molecule has 3 N–H and O–H groups in total. The minimum Gasteiger partial charge on any atom is -0.481 e. The number of aryl methyl sites for hydroxylation is 2. The maximum absolute atomic E-state index is 11.7. The Morgan fingerprint density at radius 2 is 1.75 bits per heavy atom. The Labute approximate surface area is 164 Å². The first-order chi connectivity index (χ1) is 13.5. The third-order valence-electron chi connectivity index (χ3n) is 5.35. The van der Waals surface area contributed by atoms with Crippen molar-refractivity contribution in [3.63, 3.8) is 0 Å². The summed E-state index contributed by atoms with van der Waals surface area (Å²) in [5.41, 5.74) is 11.3. The number of carboxylic acid groups (broad SMARTS) is 1. The van der Waals surface area contributed by atoms with Crippen LogP contribution in [0.15, 0.2) is 66.7 Å². The number of hydrogen-bond acceptors (Lipinski definition) is 3. The van der Waals surface area contributed by atoms with Gasteiger partial charge in [0.15, 0.2) is 0 Å². The third-order valence-corrected chi connectivity index (χ3v) is 5.35. The highest BCUT2D eigenvalue weighted by atomic mass is 16.5. The van der Waals surface area contributed by atoms with Gasteiger partial charge in [0, 0.05) is 6.04 Å². The number of ether oxygens (including phenoxy) is 1. The van der Waals surface area contributed by atoms with Gasteiger partial charge >= 0.3 is 5.97 Å². The van der Waals surface area contributed by atoms with E-state index in [2.05, 4.69) is 31.2 Å². The number of rotatable bonds is 4. The van der Waals surface area contributed by atoms with Gasteiger partial charge in [0.1, 0.15) is 11.5 Å². The number of aliphatic carboxylic acids is 1. The molecule has 0 saturated heterocycles. The zero-order valence-electron chi connectivity index (χ0n) is 15.8. The number of carbonyl (C=O) groups is 1. The Kier molecular flexibility index (Phi) is 4.88. The summed E-state index contributed by atoms with van der Waals surface area (Å²) in [5.74, 6) is -0.233. The maximum atomic E-state index is 11.7. The predicted molar refractivity (Wildman–Crippen MR) is 110 cm³/mol. The van der Waals surface area contributed by atoms with Crippen molar-refractivity contribution in [3.05, 3.63) is 83.4 Å². The molecule has 0 heterocycles. The first-order valence-electron chi connectivity index (χ1n) is 9.47. The Hall–Kier alpha value is -3.11. The molecule has 2 atom stereocenters. The van der Waals surface area contributed by atoms with Gasteiger partial charge in [-0.1, -0.05) is 48.0 Å². The predicted octanol–water partition coefficient (Wildman–Crippen LogP) is 4.90. The molecule has 0 saturated carbocycles. The topological polar surface area (TPSA) is 72.5 Å². The van der Waals surface area contributed by atoms with E-state index in [4.69, 9.17) is 10.5 Å². The molecule has 2 unspecified atom stereocenters. The average molecular weight is 373 g/mol. The highest BCUT2D eigenvalue weighted by molar-refractivity contribution is 5.78. The van der Waals surface area contributed by atoms with E-state index in [0.29, 0.717) is 17.9 Å². The molecule has 142 valence electrons.